The Bertz CT molecular complexity index is 442. The summed E-state index contributed by atoms with van der Waals surface area (Å²) in [6.45, 7) is 4.71. The molecule has 1 aromatic carbocycles. The van der Waals surface area contributed by atoms with Crippen molar-refractivity contribution in [3.8, 4) is 5.75 Å². The molecular formula is C15H23N3O2. The van der Waals surface area contributed by atoms with Gasteiger partial charge in [0.15, 0.2) is 0 Å². The molecule has 0 atom stereocenters. The highest BCUT2D eigenvalue weighted by atomic mass is 16.3. The third-order valence-electron chi connectivity index (χ3n) is 3.64. The molecule has 1 heterocycles. The predicted octanol–water partition coefficient (Wildman–Crippen LogP) is 0.775. The van der Waals surface area contributed by atoms with Gasteiger partial charge in [-0.05, 0) is 30.7 Å². The van der Waals surface area contributed by atoms with E-state index in [0.717, 1.165) is 44.7 Å². The summed E-state index contributed by atoms with van der Waals surface area (Å²) in [5.74, 6) is 0.519. The number of nitrogens with zero attached hydrogens (tertiary/aromatic N) is 2. The van der Waals surface area contributed by atoms with Crippen LogP contribution in [0.25, 0.3) is 0 Å². The Morgan fingerprint density at radius 1 is 1.25 bits per heavy atom. The van der Waals surface area contributed by atoms with E-state index in [2.05, 4.69) is 4.90 Å². The summed E-state index contributed by atoms with van der Waals surface area (Å²) in [6.07, 6.45) is 1.32. The third kappa shape index (κ3) is 4.21. The molecule has 110 valence electrons. The molecular weight excluding hydrogens is 254 g/mol. The van der Waals surface area contributed by atoms with Gasteiger partial charge in [0.25, 0.3) is 0 Å². The molecule has 1 fully saturated rings. The Kier molecular flexibility index (Phi) is 5.38. The number of amides is 1. The van der Waals surface area contributed by atoms with Crippen LogP contribution in [0, 0.1) is 0 Å². The summed E-state index contributed by atoms with van der Waals surface area (Å²) >= 11 is 0. The zero-order valence-electron chi connectivity index (χ0n) is 11.8. The first-order chi connectivity index (χ1) is 9.69. The van der Waals surface area contributed by atoms with Gasteiger partial charge >= 0.3 is 0 Å². The summed E-state index contributed by atoms with van der Waals surface area (Å²) in [5, 5.41) is 9.46. The Labute approximate surface area is 120 Å². The molecule has 20 heavy (non-hydrogen) atoms. The minimum absolute atomic E-state index is 0.215. The van der Waals surface area contributed by atoms with Gasteiger partial charge in [-0.25, -0.2) is 0 Å². The van der Waals surface area contributed by atoms with Crippen LogP contribution in [0.15, 0.2) is 24.3 Å². The van der Waals surface area contributed by atoms with E-state index < -0.39 is 0 Å². The van der Waals surface area contributed by atoms with Crippen LogP contribution in [0.4, 0.5) is 0 Å². The number of piperazine rings is 1. The Hall–Kier alpha value is -1.59. The van der Waals surface area contributed by atoms with Gasteiger partial charge in [-0.1, -0.05) is 12.1 Å². The van der Waals surface area contributed by atoms with Crippen molar-refractivity contribution in [3.05, 3.63) is 29.8 Å². The monoisotopic (exact) mass is 277 g/mol. The van der Waals surface area contributed by atoms with E-state index in [1.807, 2.05) is 17.0 Å². The molecule has 0 radical (unpaired) electrons. The lowest BCUT2D eigenvalue weighted by molar-refractivity contribution is -0.133. The summed E-state index contributed by atoms with van der Waals surface area (Å²) in [6, 6.07) is 7.34. The summed E-state index contributed by atoms with van der Waals surface area (Å²) in [7, 11) is 0. The first-order valence-electron chi connectivity index (χ1n) is 7.17. The number of phenols is 1. The molecule has 5 heteroatoms. The summed E-state index contributed by atoms with van der Waals surface area (Å²) in [4.78, 5) is 16.1. The van der Waals surface area contributed by atoms with Crippen LogP contribution in [0.3, 0.4) is 0 Å². The maximum atomic E-state index is 11.9. The number of benzene rings is 1. The van der Waals surface area contributed by atoms with Gasteiger partial charge in [0.05, 0.1) is 0 Å². The second kappa shape index (κ2) is 7.26. The average molecular weight is 277 g/mol. The predicted molar refractivity (Wildman–Crippen MR) is 78.3 cm³/mol. The molecule has 0 bridgehead atoms. The smallest absolute Gasteiger partial charge is 0.222 e. The number of aromatic hydroxyl groups is 1. The quantitative estimate of drug-likeness (QED) is 0.834. The molecule has 1 aromatic rings. The van der Waals surface area contributed by atoms with E-state index in [1.54, 1.807) is 12.1 Å². The van der Waals surface area contributed by atoms with Gasteiger partial charge in [-0.3, -0.25) is 9.69 Å². The lowest BCUT2D eigenvalue weighted by atomic mass is 10.2. The van der Waals surface area contributed by atoms with Gasteiger partial charge in [0.1, 0.15) is 5.75 Å². The van der Waals surface area contributed by atoms with Crippen molar-refractivity contribution >= 4 is 5.91 Å². The molecule has 0 unspecified atom stereocenters. The van der Waals surface area contributed by atoms with E-state index >= 15 is 0 Å². The Morgan fingerprint density at radius 3 is 2.65 bits per heavy atom. The lowest BCUT2D eigenvalue weighted by Crippen LogP contribution is -2.48. The van der Waals surface area contributed by atoms with Crippen molar-refractivity contribution in [3.63, 3.8) is 0 Å². The number of carbonyl (C=O) groups is 1. The van der Waals surface area contributed by atoms with Crippen LogP contribution in [-0.4, -0.2) is 53.5 Å². The summed E-state index contributed by atoms with van der Waals surface area (Å²) in [5.41, 5.74) is 6.53. The van der Waals surface area contributed by atoms with Gasteiger partial charge in [-0.2, -0.15) is 0 Å². The highest BCUT2D eigenvalue weighted by molar-refractivity contribution is 5.76. The molecule has 0 aromatic heterocycles. The van der Waals surface area contributed by atoms with Crippen LogP contribution in [0.1, 0.15) is 18.4 Å². The van der Waals surface area contributed by atoms with E-state index in [4.69, 9.17) is 5.73 Å². The molecule has 1 saturated heterocycles. The standard InChI is InChI=1S/C15H23N3O2/c16-6-2-5-15(20)18-9-7-17(8-10-18)12-13-3-1-4-14(19)11-13/h1,3-4,11,19H,2,5-10,12,16H2. The highest BCUT2D eigenvalue weighted by Gasteiger charge is 2.20. The number of carbonyl (C=O) groups excluding carboxylic acids is 1. The van der Waals surface area contributed by atoms with Crippen LogP contribution < -0.4 is 5.73 Å². The van der Waals surface area contributed by atoms with E-state index in [0.29, 0.717) is 18.7 Å². The SMILES string of the molecule is NCCCC(=O)N1CCN(Cc2cccc(O)c2)CC1. The molecule has 0 aliphatic carbocycles. The minimum Gasteiger partial charge on any atom is -0.508 e. The van der Waals surface area contributed by atoms with Crippen molar-refractivity contribution in [1.29, 1.82) is 0 Å². The van der Waals surface area contributed by atoms with Crippen LogP contribution in [-0.2, 0) is 11.3 Å². The van der Waals surface area contributed by atoms with Gasteiger partial charge in [0.2, 0.25) is 5.91 Å². The third-order valence-corrected chi connectivity index (χ3v) is 3.64. The van der Waals surface area contributed by atoms with Crippen molar-refractivity contribution in [2.24, 2.45) is 5.73 Å². The van der Waals surface area contributed by atoms with Crippen molar-refractivity contribution in [2.45, 2.75) is 19.4 Å². The van der Waals surface area contributed by atoms with Crippen molar-refractivity contribution < 1.29 is 9.90 Å². The molecule has 2 rings (SSSR count). The lowest BCUT2D eigenvalue weighted by Gasteiger charge is -2.34. The molecule has 0 spiro atoms. The topological polar surface area (TPSA) is 69.8 Å². The highest BCUT2D eigenvalue weighted by Crippen LogP contribution is 2.14. The number of nitrogens with two attached hydrogens (primary N) is 1. The second-order valence-electron chi connectivity index (χ2n) is 5.22. The fraction of sp³-hybridized carbons (Fsp3) is 0.533. The first kappa shape index (κ1) is 14.8. The van der Waals surface area contributed by atoms with Gasteiger partial charge in [-0.15, -0.1) is 0 Å². The maximum absolute atomic E-state index is 11.9. The van der Waals surface area contributed by atoms with Crippen LogP contribution in [0.5, 0.6) is 5.75 Å². The first-order valence-corrected chi connectivity index (χ1v) is 7.17. The number of rotatable bonds is 5. The van der Waals surface area contributed by atoms with Crippen LogP contribution in [0.2, 0.25) is 0 Å². The molecule has 1 aliphatic rings. The number of hydrogen-bond donors (Lipinski definition) is 2. The van der Waals surface area contributed by atoms with Gasteiger partial charge < -0.3 is 15.7 Å². The van der Waals surface area contributed by atoms with Gasteiger partial charge in [0, 0.05) is 39.1 Å². The van der Waals surface area contributed by atoms with Crippen molar-refractivity contribution in [2.75, 3.05) is 32.7 Å². The average Bonchev–Trinajstić information content (AvgIpc) is 2.45. The number of phenolic OH excluding ortho intramolecular Hbond substituents is 1. The summed E-state index contributed by atoms with van der Waals surface area (Å²) < 4.78 is 0. The minimum atomic E-state index is 0.215. The maximum Gasteiger partial charge on any atom is 0.222 e. The fourth-order valence-corrected chi connectivity index (χ4v) is 2.48. The van der Waals surface area contributed by atoms with Crippen molar-refractivity contribution in [1.82, 2.24) is 9.80 Å². The zero-order chi connectivity index (χ0) is 14.4. The molecule has 3 N–H and O–H groups in total. The fourth-order valence-electron chi connectivity index (χ4n) is 2.48. The van der Waals surface area contributed by atoms with E-state index in [1.165, 1.54) is 0 Å². The van der Waals surface area contributed by atoms with E-state index in [9.17, 15) is 9.90 Å². The van der Waals surface area contributed by atoms with E-state index in [-0.39, 0.29) is 5.91 Å². The van der Waals surface area contributed by atoms with Crippen LogP contribution >= 0.6 is 0 Å². The Morgan fingerprint density at radius 2 is 2.00 bits per heavy atom. The zero-order valence-corrected chi connectivity index (χ0v) is 11.8. The Balaban J connectivity index is 1.78. The second-order valence-corrected chi connectivity index (χ2v) is 5.22. The molecule has 1 amide bonds. The largest absolute Gasteiger partial charge is 0.508 e. The molecule has 5 nitrogen and oxygen atoms in total. The molecule has 1 aliphatic heterocycles. The number of hydrogen-bond acceptors (Lipinski definition) is 4. The normalized spacial score (nSPS) is 16.4. The molecule has 0 saturated carbocycles.